The van der Waals surface area contributed by atoms with Crippen molar-refractivity contribution in [1.82, 2.24) is 4.57 Å². The number of aromatic carboxylic acids is 1. The van der Waals surface area contributed by atoms with Crippen molar-refractivity contribution < 1.29 is 19.4 Å². The van der Waals surface area contributed by atoms with Crippen molar-refractivity contribution in [2.75, 3.05) is 11.9 Å². The topological polar surface area (TPSA) is 104 Å². The van der Waals surface area contributed by atoms with E-state index in [0.717, 1.165) is 47.5 Å². The highest BCUT2D eigenvalue weighted by Crippen LogP contribution is 2.39. The molecule has 1 aliphatic carbocycles. The summed E-state index contributed by atoms with van der Waals surface area (Å²) in [7, 11) is 0. The summed E-state index contributed by atoms with van der Waals surface area (Å²) in [6, 6.07) is 10.8. The Bertz CT molecular complexity index is 1360. The summed E-state index contributed by atoms with van der Waals surface area (Å²) in [4.78, 5) is 26.1. The van der Waals surface area contributed by atoms with Crippen LogP contribution in [0.25, 0.3) is 11.1 Å². The largest absolute Gasteiger partial charge is 0.494 e. The Hall–Kier alpha value is -3.83. The second kappa shape index (κ2) is 10.2. The first-order valence-corrected chi connectivity index (χ1v) is 12.4. The molecule has 3 aromatic rings. The van der Waals surface area contributed by atoms with E-state index in [1.54, 1.807) is 30.3 Å². The van der Waals surface area contributed by atoms with Crippen molar-refractivity contribution in [3.63, 3.8) is 0 Å². The fourth-order valence-corrected chi connectivity index (χ4v) is 5.97. The molecule has 0 unspecified atom stereocenters. The monoisotopic (exact) mass is 489 g/mol. The van der Waals surface area contributed by atoms with E-state index < -0.39 is 11.9 Å². The fraction of sp³-hybridized carbons (Fsp3) is 0.296. The smallest absolute Gasteiger partial charge is 0.339 e. The first-order valence-electron chi connectivity index (χ1n) is 11.6. The molecule has 1 aromatic carbocycles. The molecule has 180 valence electrons. The Balaban J connectivity index is 1.66. The SMILES string of the molecule is CCOc1ccc(NC(=O)/C(C#N)=C\c2cc(C)n(-c3sc4c(c3C(=O)O)CCCC4)c2C)cc1. The van der Waals surface area contributed by atoms with Gasteiger partial charge in [0.1, 0.15) is 22.4 Å². The predicted octanol–water partition coefficient (Wildman–Crippen LogP) is 5.68. The number of rotatable bonds is 7. The third-order valence-electron chi connectivity index (χ3n) is 6.13. The molecule has 2 heterocycles. The van der Waals surface area contributed by atoms with Crippen LogP contribution >= 0.6 is 11.3 Å². The standard InChI is InChI=1S/C27H27N3O4S/c1-4-34-21-11-9-20(10-12-21)29-25(31)19(15-28)14-18-13-16(2)30(17(18)3)26-24(27(32)33)22-7-5-6-8-23(22)35-26/h9-14H,4-8H2,1-3H3,(H,29,31)(H,32,33)/b19-14-. The quantitative estimate of drug-likeness (QED) is 0.328. The third kappa shape index (κ3) is 4.86. The number of nitrogens with one attached hydrogen (secondary N) is 1. The molecule has 1 amide bonds. The number of nitriles is 1. The van der Waals surface area contributed by atoms with E-state index in [4.69, 9.17) is 4.74 Å². The number of hydrogen-bond donors (Lipinski definition) is 2. The number of carbonyl (C=O) groups is 2. The van der Waals surface area contributed by atoms with Crippen molar-refractivity contribution in [1.29, 1.82) is 5.26 Å². The molecule has 0 aliphatic heterocycles. The summed E-state index contributed by atoms with van der Waals surface area (Å²) in [5, 5.41) is 23.1. The van der Waals surface area contributed by atoms with E-state index in [1.165, 1.54) is 11.3 Å². The minimum atomic E-state index is -0.920. The van der Waals surface area contributed by atoms with Crippen molar-refractivity contribution in [3.8, 4) is 16.8 Å². The summed E-state index contributed by atoms with van der Waals surface area (Å²) in [6.07, 6.45) is 5.30. The highest BCUT2D eigenvalue weighted by Gasteiger charge is 2.27. The zero-order valence-corrected chi connectivity index (χ0v) is 20.8. The van der Waals surface area contributed by atoms with Crippen molar-refractivity contribution in [2.24, 2.45) is 0 Å². The Labute approximate surface area is 208 Å². The average molecular weight is 490 g/mol. The van der Waals surface area contributed by atoms with Crippen LogP contribution in [0.4, 0.5) is 5.69 Å². The second-order valence-corrected chi connectivity index (χ2v) is 9.52. The number of aromatic nitrogens is 1. The van der Waals surface area contributed by atoms with Crippen LogP contribution in [0, 0.1) is 25.2 Å². The van der Waals surface area contributed by atoms with Gasteiger partial charge >= 0.3 is 5.97 Å². The minimum Gasteiger partial charge on any atom is -0.494 e. The summed E-state index contributed by atoms with van der Waals surface area (Å²) in [5.74, 6) is -0.735. The molecule has 2 aromatic heterocycles. The summed E-state index contributed by atoms with van der Waals surface area (Å²) in [6.45, 7) is 6.22. The number of benzene rings is 1. The van der Waals surface area contributed by atoms with Gasteiger partial charge in [-0.1, -0.05) is 0 Å². The van der Waals surface area contributed by atoms with Crippen molar-refractivity contribution in [2.45, 2.75) is 46.5 Å². The zero-order valence-electron chi connectivity index (χ0n) is 20.0. The number of carboxylic acid groups (broad SMARTS) is 1. The Morgan fingerprint density at radius 1 is 1.23 bits per heavy atom. The number of fused-ring (bicyclic) bond motifs is 1. The number of amides is 1. The summed E-state index contributed by atoms with van der Waals surface area (Å²) in [5.41, 5.74) is 4.16. The van der Waals surface area contributed by atoms with Crippen LogP contribution in [0.2, 0.25) is 0 Å². The molecule has 0 fully saturated rings. The third-order valence-corrected chi connectivity index (χ3v) is 7.41. The van der Waals surface area contributed by atoms with E-state index in [9.17, 15) is 20.0 Å². The number of anilines is 1. The highest BCUT2D eigenvalue weighted by molar-refractivity contribution is 7.15. The van der Waals surface area contributed by atoms with Gasteiger partial charge in [-0.05, 0) is 94.0 Å². The van der Waals surface area contributed by atoms with Gasteiger partial charge in [0.2, 0.25) is 0 Å². The molecule has 0 saturated heterocycles. The first kappa shape index (κ1) is 24.3. The lowest BCUT2D eigenvalue weighted by molar-refractivity contribution is -0.112. The van der Waals surface area contributed by atoms with Gasteiger partial charge in [0.05, 0.1) is 12.2 Å². The maximum absolute atomic E-state index is 12.8. The predicted molar refractivity (Wildman–Crippen MR) is 137 cm³/mol. The molecule has 35 heavy (non-hydrogen) atoms. The lowest BCUT2D eigenvalue weighted by Gasteiger charge is -2.11. The molecule has 0 atom stereocenters. The van der Waals surface area contributed by atoms with Gasteiger partial charge in [-0.2, -0.15) is 5.26 Å². The average Bonchev–Trinajstić information content (AvgIpc) is 3.34. The maximum atomic E-state index is 12.8. The van der Waals surface area contributed by atoms with E-state index >= 15 is 0 Å². The summed E-state index contributed by atoms with van der Waals surface area (Å²) >= 11 is 1.53. The molecule has 0 radical (unpaired) electrons. The lowest BCUT2D eigenvalue weighted by Crippen LogP contribution is -2.13. The number of carbonyl (C=O) groups excluding carboxylic acids is 1. The van der Waals surface area contributed by atoms with Gasteiger partial charge in [-0.3, -0.25) is 4.79 Å². The molecule has 1 aliphatic rings. The Morgan fingerprint density at radius 3 is 2.60 bits per heavy atom. The van der Waals surface area contributed by atoms with E-state index in [2.05, 4.69) is 5.32 Å². The van der Waals surface area contributed by atoms with Crippen LogP contribution in [0.1, 0.15) is 57.5 Å². The number of carboxylic acids is 1. The maximum Gasteiger partial charge on any atom is 0.339 e. The van der Waals surface area contributed by atoms with Gasteiger partial charge in [-0.15, -0.1) is 11.3 Å². The van der Waals surface area contributed by atoms with Crippen LogP contribution in [0.3, 0.4) is 0 Å². The van der Waals surface area contributed by atoms with Gasteiger partial charge in [-0.25, -0.2) is 4.79 Å². The summed E-state index contributed by atoms with van der Waals surface area (Å²) < 4.78 is 7.34. The van der Waals surface area contributed by atoms with Gasteiger partial charge in [0.25, 0.3) is 5.91 Å². The van der Waals surface area contributed by atoms with Crippen LogP contribution < -0.4 is 10.1 Å². The number of ether oxygens (including phenoxy) is 1. The molecule has 7 nitrogen and oxygen atoms in total. The second-order valence-electron chi connectivity index (χ2n) is 8.44. The number of thiophene rings is 1. The minimum absolute atomic E-state index is 0.0388. The van der Waals surface area contributed by atoms with Gasteiger partial charge in [0.15, 0.2) is 0 Å². The highest BCUT2D eigenvalue weighted by atomic mass is 32.1. The molecule has 0 spiro atoms. The Morgan fingerprint density at radius 2 is 1.94 bits per heavy atom. The molecular formula is C27H27N3O4S. The van der Waals surface area contributed by atoms with E-state index in [1.807, 2.05) is 37.5 Å². The zero-order chi connectivity index (χ0) is 25.1. The Kier molecular flexibility index (Phi) is 7.08. The molecule has 8 heteroatoms. The van der Waals surface area contributed by atoms with Crippen LogP contribution in [0.15, 0.2) is 35.9 Å². The van der Waals surface area contributed by atoms with Crippen LogP contribution in [0.5, 0.6) is 5.75 Å². The van der Waals surface area contributed by atoms with Gasteiger partial charge in [0, 0.05) is 22.0 Å². The van der Waals surface area contributed by atoms with Crippen molar-refractivity contribution in [3.05, 3.63) is 68.9 Å². The van der Waals surface area contributed by atoms with Gasteiger partial charge < -0.3 is 19.7 Å². The molecule has 2 N–H and O–H groups in total. The van der Waals surface area contributed by atoms with Crippen LogP contribution in [-0.4, -0.2) is 28.2 Å². The molecule has 4 rings (SSSR count). The normalized spacial score (nSPS) is 13.1. The first-order chi connectivity index (χ1) is 16.8. The lowest BCUT2D eigenvalue weighted by atomic mass is 9.95. The van der Waals surface area contributed by atoms with Crippen molar-refractivity contribution >= 4 is 35.0 Å². The van der Waals surface area contributed by atoms with E-state index in [-0.39, 0.29) is 5.57 Å². The molecule has 0 bridgehead atoms. The molecule has 0 saturated carbocycles. The number of nitrogens with zero attached hydrogens (tertiary/aromatic N) is 2. The fourth-order valence-electron chi connectivity index (χ4n) is 4.48. The number of aryl methyl sites for hydroxylation is 2. The van der Waals surface area contributed by atoms with E-state index in [0.29, 0.717) is 34.2 Å². The van der Waals surface area contributed by atoms with Crippen LogP contribution in [-0.2, 0) is 17.6 Å². The number of hydrogen-bond acceptors (Lipinski definition) is 5. The molecular weight excluding hydrogens is 462 g/mol.